The third-order valence-corrected chi connectivity index (χ3v) is 4.51. The van der Waals surface area contributed by atoms with Crippen LogP contribution in [0.15, 0.2) is 0 Å². The van der Waals surface area contributed by atoms with E-state index >= 15 is 0 Å². The Kier molecular flexibility index (Phi) is 4.09. The number of rotatable bonds is 4. The first kappa shape index (κ1) is 16.9. The molecule has 2 bridgehead atoms. The minimum absolute atomic E-state index is 0.0373. The maximum absolute atomic E-state index is 12.7. The molecule has 3 aliphatic rings. The van der Waals surface area contributed by atoms with Crippen molar-refractivity contribution in [2.45, 2.75) is 37.5 Å². The molecule has 134 valence electrons. The van der Waals surface area contributed by atoms with Crippen LogP contribution < -0.4 is 10.9 Å². The summed E-state index contributed by atoms with van der Waals surface area (Å²) in [5.41, 5.74) is 4.23. The second kappa shape index (κ2) is 5.82. The van der Waals surface area contributed by atoms with E-state index in [-0.39, 0.29) is 25.8 Å². The molecule has 2 saturated heterocycles. The van der Waals surface area contributed by atoms with Gasteiger partial charge in [-0.25, -0.2) is 9.18 Å². The van der Waals surface area contributed by atoms with Crippen LogP contribution in [-0.2, 0) is 24.3 Å². The largest absolute Gasteiger partial charge is 0.418 e. The molecule has 1 saturated carbocycles. The third kappa shape index (κ3) is 3.27. The number of nitrogens with one attached hydrogen (secondary N) is 2. The van der Waals surface area contributed by atoms with Gasteiger partial charge in [0, 0.05) is 6.54 Å². The van der Waals surface area contributed by atoms with E-state index in [4.69, 9.17) is 4.55 Å². The van der Waals surface area contributed by atoms with Gasteiger partial charge in [-0.1, -0.05) is 0 Å². The van der Waals surface area contributed by atoms with E-state index in [9.17, 15) is 27.2 Å². The molecule has 2 unspecified atom stereocenters. The molecule has 2 aliphatic heterocycles. The number of hydrazine groups is 1. The van der Waals surface area contributed by atoms with Crippen molar-refractivity contribution < 1.29 is 36.0 Å². The lowest BCUT2D eigenvalue weighted by Gasteiger charge is -2.29. The molecule has 0 aromatic carbocycles. The highest BCUT2D eigenvalue weighted by Crippen LogP contribution is 2.33. The maximum atomic E-state index is 12.7. The average Bonchev–Trinajstić information content (AvgIpc) is 3.20. The van der Waals surface area contributed by atoms with Crippen molar-refractivity contribution in [3.05, 3.63) is 0 Å². The lowest BCUT2D eigenvalue weighted by Crippen LogP contribution is -2.54. The van der Waals surface area contributed by atoms with Crippen molar-refractivity contribution in [3.8, 4) is 0 Å². The number of urea groups is 1. The van der Waals surface area contributed by atoms with Crippen LogP contribution in [0.2, 0.25) is 0 Å². The standard InChI is InChI=1S/C11H15FN4O7S/c12-7-3-6(7)9(17)13-14-10(18)8-2-1-5-4-15(8)11(19)16(5)23-24(20,21)22/h5-8H,1-4H2,(H,13,17)(H,14,18)(H,20,21,22)/t5-,6?,7?,8+/m0/s1. The molecule has 4 amide bonds. The number of amides is 4. The van der Waals surface area contributed by atoms with E-state index in [1.54, 1.807) is 0 Å². The molecule has 24 heavy (non-hydrogen) atoms. The van der Waals surface area contributed by atoms with E-state index in [0.29, 0.717) is 5.06 Å². The zero-order valence-electron chi connectivity index (χ0n) is 12.2. The van der Waals surface area contributed by atoms with Crippen LogP contribution in [0.3, 0.4) is 0 Å². The van der Waals surface area contributed by atoms with Crippen LogP contribution in [0.5, 0.6) is 0 Å². The van der Waals surface area contributed by atoms with Crippen LogP contribution in [0.1, 0.15) is 19.3 Å². The molecule has 0 aromatic heterocycles. The predicted molar refractivity (Wildman–Crippen MR) is 72.7 cm³/mol. The van der Waals surface area contributed by atoms with Crippen molar-refractivity contribution in [1.29, 1.82) is 0 Å². The summed E-state index contributed by atoms with van der Waals surface area (Å²) >= 11 is 0. The molecule has 3 fully saturated rings. The number of piperidine rings is 1. The highest BCUT2D eigenvalue weighted by Gasteiger charge is 2.49. The second-order valence-electron chi connectivity index (χ2n) is 5.85. The topological polar surface area (TPSA) is 145 Å². The summed E-state index contributed by atoms with van der Waals surface area (Å²) in [5, 5.41) is 0.513. The lowest BCUT2D eigenvalue weighted by molar-refractivity contribution is -0.132. The van der Waals surface area contributed by atoms with E-state index in [1.165, 1.54) is 0 Å². The van der Waals surface area contributed by atoms with Crippen LogP contribution >= 0.6 is 0 Å². The Labute approximate surface area is 136 Å². The Hall–Kier alpha value is -1.99. The van der Waals surface area contributed by atoms with Crippen molar-refractivity contribution in [2.24, 2.45) is 5.92 Å². The molecule has 4 atom stereocenters. The van der Waals surface area contributed by atoms with Crippen LogP contribution in [-0.4, -0.2) is 65.6 Å². The van der Waals surface area contributed by atoms with Gasteiger partial charge in [0.15, 0.2) is 0 Å². The zero-order chi connectivity index (χ0) is 17.6. The molecular formula is C11H15FN4O7S. The van der Waals surface area contributed by atoms with Gasteiger partial charge in [-0.15, -0.1) is 4.28 Å². The summed E-state index contributed by atoms with van der Waals surface area (Å²) in [6, 6.07) is -2.44. The zero-order valence-corrected chi connectivity index (χ0v) is 13.0. The molecule has 0 aromatic rings. The molecule has 0 radical (unpaired) electrons. The Morgan fingerprint density at radius 2 is 1.88 bits per heavy atom. The second-order valence-corrected chi connectivity index (χ2v) is 6.85. The predicted octanol–water partition coefficient (Wildman–Crippen LogP) is -1.51. The van der Waals surface area contributed by atoms with Gasteiger partial charge in [-0.05, 0) is 19.3 Å². The van der Waals surface area contributed by atoms with Crippen molar-refractivity contribution in [1.82, 2.24) is 20.8 Å². The molecule has 1 aliphatic carbocycles. The Morgan fingerprint density at radius 3 is 2.46 bits per heavy atom. The van der Waals surface area contributed by atoms with Gasteiger partial charge in [-0.2, -0.15) is 13.5 Å². The Bertz CT molecular complexity index is 686. The fraction of sp³-hybridized carbons (Fsp3) is 0.727. The number of carbonyl (C=O) groups excluding carboxylic acids is 3. The minimum Gasteiger partial charge on any atom is -0.309 e. The van der Waals surface area contributed by atoms with Crippen LogP contribution in [0.4, 0.5) is 9.18 Å². The van der Waals surface area contributed by atoms with Gasteiger partial charge in [0.2, 0.25) is 5.91 Å². The Balaban J connectivity index is 1.59. The van der Waals surface area contributed by atoms with Crippen LogP contribution in [0, 0.1) is 5.92 Å². The minimum atomic E-state index is -4.86. The number of hydrogen-bond acceptors (Lipinski definition) is 6. The number of alkyl halides is 1. The summed E-state index contributed by atoms with van der Waals surface area (Å²) < 4.78 is 47.2. The summed E-state index contributed by atoms with van der Waals surface area (Å²) in [6.45, 7) is 0.0373. The van der Waals surface area contributed by atoms with E-state index in [2.05, 4.69) is 15.1 Å². The molecule has 13 heteroatoms. The molecule has 0 spiro atoms. The van der Waals surface area contributed by atoms with E-state index < -0.39 is 52.4 Å². The summed E-state index contributed by atoms with van der Waals surface area (Å²) in [6.07, 6.45) is -0.625. The van der Waals surface area contributed by atoms with Gasteiger partial charge in [-0.3, -0.25) is 25.0 Å². The summed E-state index contributed by atoms with van der Waals surface area (Å²) in [5.74, 6) is -2.10. The summed E-state index contributed by atoms with van der Waals surface area (Å²) in [4.78, 5) is 36.8. The molecular weight excluding hydrogens is 351 g/mol. The molecule has 3 rings (SSSR count). The van der Waals surface area contributed by atoms with Gasteiger partial charge < -0.3 is 4.90 Å². The van der Waals surface area contributed by atoms with Crippen molar-refractivity contribution in [3.63, 3.8) is 0 Å². The monoisotopic (exact) mass is 366 g/mol. The highest BCUT2D eigenvalue weighted by atomic mass is 32.3. The Morgan fingerprint density at radius 1 is 1.25 bits per heavy atom. The maximum Gasteiger partial charge on any atom is 0.418 e. The number of nitrogens with zero attached hydrogens (tertiary/aromatic N) is 2. The molecule has 3 N–H and O–H groups in total. The normalized spacial score (nSPS) is 31.8. The molecule has 11 nitrogen and oxygen atoms in total. The highest BCUT2D eigenvalue weighted by molar-refractivity contribution is 7.80. The van der Waals surface area contributed by atoms with Gasteiger partial charge in [0.1, 0.15) is 12.2 Å². The number of fused-ring (bicyclic) bond motifs is 2. The van der Waals surface area contributed by atoms with Crippen LogP contribution in [0.25, 0.3) is 0 Å². The first-order valence-electron chi connectivity index (χ1n) is 7.18. The summed E-state index contributed by atoms with van der Waals surface area (Å²) in [7, 11) is -4.86. The number of hydroxylamine groups is 2. The smallest absolute Gasteiger partial charge is 0.309 e. The lowest BCUT2D eigenvalue weighted by atomic mass is 10.0. The fourth-order valence-electron chi connectivity index (χ4n) is 2.84. The van der Waals surface area contributed by atoms with Gasteiger partial charge in [0.25, 0.3) is 5.91 Å². The fourth-order valence-corrected chi connectivity index (χ4v) is 3.23. The van der Waals surface area contributed by atoms with E-state index in [0.717, 1.165) is 4.90 Å². The average molecular weight is 366 g/mol. The van der Waals surface area contributed by atoms with Crippen molar-refractivity contribution >= 4 is 28.2 Å². The number of halogens is 1. The van der Waals surface area contributed by atoms with Gasteiger partial charge in [0.05, 0.1) is 12.0 Å². The van der Waals surface area contributed by atoms with Gasteiger partial charge >= 0.3 is 16.4 Å². The molecule has 2 heterocycles. The first-order valence-corrected chi connectivity index (χ1v) is 8.54. The number of carbonyl (C=O) groups is 3. The first-order chi connectivity index (χ1) is 11.2. The number of hydrogen-bond donors (Lipinski definition) is 3. The quantitative estimate of drug-likeness (QED) is 0.405. The third-order valence-electron chi connectivity index (χ3n) is 4.16. The SMILES string of the molecule is O=C(NNC(=O)[C@H]1CC[C@H]2CN1C(=O)N2OS(=O)(=O)O)C1CC1F. The van der Waals surface area contributed by atoms with Crippen molar-refractivity contribution in [2.75, 3.05) is 6.54 Å². The van der Waals surface area contributed by atoms with E-state index in [1.807, 2.05) is 0 Å².